The first-order chi connectivity index (χ1) is 9.35. The lowest BCUT2D eigenvalue weighted by Crippen LogP contribution is -2.16. The Morgan fingerprint density at radius 3 is 2.45 bits per heavy atom. The highest BCUT2D eigenvalue weighted by atomic mass is 35.5. The molecular weight excluding hydrogens is 303 g/mol. The zero-order valence-electron chi connectivity index (χ0n) is 10.3. The summed E-state index contributed by atoms with van der Waals surface area (Å²) < 4.78 is 39.6. The van der Waals surface area contributed by atoms with Crippen molar-refractivity contribution >= 4 is 33.0 Å². The Morgan fingerprint density at radius 1 is 1.15 bits per heavy atom. The maximum absolute atomic E-state index is 13.5. The number of hydrogen-bond acceptors (Lipinski definition) is 3. The number of anilines is 2. The molecule has 2 aromatic carbocycles. The molecule has 0 heterocycles. The quantitative estimate of drug-likeness (QED) is 0.852. The molecule has 0 aliphatic heterocycles. The van der Waals surface area contributed by atoms with E-state index in [9.17, 15) is 12.8 Å². The van der Waals surface area contributed by atoms with Crippen LogP contribution in [0.4, 0.5) is 15.8 Å². The standard InChI is InChI=1S/C13H12ClFN2O2S/c14-10-3-6-12(15)13(7-10)17-20(18,19)8-9-1-4-11(16)5-2-9/h1-7,17H,8,16H2. The average Bonchev–Trinajstić information content (AvgIpc) is 2.36. The molecule has 0 bridgehead atoms. The third-order valence-corrected chi connectivity index (χ3v) is 4.01. The lowest BCUT2D eigenvalue weighted by molar-refractivity contribution is 0.598. The van der Waals surface area contributed by atoms with Gasteiger partial charge in [0.25, 0.3) is 0 Å². The van der Waals surface area contributed by atoms with Gasteiger partial charge >= 0.3 is 0 Å². The largest absolute Gasteiger partial charge is 0.399 e. The summed E-state index contributed by atoms with van der Waals surface area (Å²) in [6.45, 7) is 0. The van der Waals surface area contributed by atoms with Crippen molar-refractivity contribution in [2.75, 3.05) is 10.5 Å². The van der Waals surface area contributed by atoms with E-state index in [4.69, 9.17) is 17.3 Å². The zero-order valence-corrected chi connectivity index (χ0v) is 11.9. The maximum atomic E-state index is 13.5. The molecule has 0 radical (unpaired) electrons. The van der Waals surface area contributed by atoms with Gasteiger partial charge in [-0.1, -0.05) is 23.7 Å². The molecule has 0 saturated carbocycles. The highest BCUT2D eigenvalue weighted by molar-refractivity contribution is 7.91. The van der Waals surface area contributed by atoms with E-state index in [-0.39, 0.29) is 16.5 Å². The van der Waals surface area contributed by atoms with Crippen LogP contribution in [0.25, 0.3) is 0 Å². The topological polar surface area (TPSA) is 72.2 Å². The Morgan fingerprint density at radius 2 is 1.80 bits per heavy atom. The summed E-state index contributed by atoms with van der Waals surface area (Å²) in [4.78, 5) is 0. The summed E-state index contributed by atoms with van der Waals surface area (Å²) in [5.41, 5.74) is 6.44. The van der Waals surface area contributed by atoms with E-state index in [0.717, 1.165) is 6.07 Å². The van der Waals surface area contributed by atoms with Crippen molar-refractivity contribution in [2.45, 2.75) is 5.75 Å². The van der Waals surface area contributed by atoms with Gasteiger partial charge in [-0.3, -0.25) is 4.72 Å². The molecule has 0 spiro atoms. The fourth-order valence-electron chi connectivity index (χ4n) is 1.61. The first kappa shape index (κ1) is 14.6. The van der Waals surface area contributed by atoms with E-state index in [2.05, 4.69) is 4.72 Å². The van der Waals surface area contributed by atoms with Gasteiger partial charge in [0.05, 0.1) is 11.4 Å². The smallest absolute Gasteiger partial charge is 0.237 e. The molecule has 0 aliphatic carbocycles. The Labute approximate surface area is 121 Å². The second-order valence-electron chi connectivity index (χ2n) is 4.23. The van der Waals surface area contributed by atoms with Gasteiger partial charge in [0, 0.05) is 10.7 Å². The van der Waals surface area contributed by atoms with E-state index < -0.39 is 15.8 Å². The third kappa shape index (κ3) is 3.85. The lowest BCUT2D eigenvalue weighted by atomic mass is 10.2. The molecule has 0 saturated heterocycles. The normalized spacial score (nSPS) is 11.3. The highest BCUT2D eigenvalue weighted by Crippen LogP contribution is 2.21. The number of nitrogens with two attached hydrogens (primary N) is 1. The van der Waals surface area contributed by atoms with Crippen LogP contribution in [0.5, 0.6) is 0 Å². The van der Waals surface area contributed by atoms with Gasteiger partial charge in [-0.15, -0.1) is 0 Å². The lowest BCUT2D eigenvalue weighted by Gasteiger charge is -2.09. The molecule has 20 heavy (non-hydrogen) atoms. The SMILES string of the molecule is Nc1ccc(CS(=O)(=O)Nc2cc(Cl)ccc2F)cc1. The molecule has 2 rings (SSSR count). The number of sulfonamides is 1. The predicted octanol–water partition coefficient (Wildman–Crippen LogP) is 3.00. The third-order valence-electron chi connectivity index (χ3n) is 2.53. The van der Waals surface area contributed by atoms with Crippen LogP contribution in [-0.4, -0.2) is 8.42 Å². The number of rotatable bonds is 4. The molecule has 106 valence electrons. The van der Waals surface area contributed by atoms with Gasteiger partial charge in [-0.25, -0.2) is 12.8 Å². The number of halogens is 2. The molecule has 0 unspecified atom stereocenters. The molecule has 0 fully saturated rings. The zero-order chi connectivity index (χ0) is 14.8. The van der Waals surface area contributed by atoms with Crippen LogP contribution in [0.3, 0.4) is 0 Å². The summed E-state index contributed by atoms with van der Waals surface area (Å²) >= 11 is 5.71. The predicted molar refractivity (Wildman–Crippen MR) is 78.5 cm³/mol. The van der Waals surface area contributed by atoms with Gasteiger partial charge in [-0.05, 0) is 35.9 Å². The van der Waals surface area contributed by atoms with Crippen LogP contribution in [0, 0.1) is 5.82 Å². The van der Waals surface area contributed by atoms with Crippen LogP contribution < -0.4 is 10.5 Å². The summed E-state index contributed by atoms with van der Waals surface area (Å²) in [7, 11) is -3.73. The summed E-state index contributed by atoms with van der Waals surface area (Å²) in [6.07, 6.45) is 0. The molecule has 0 aliphatic rings. The summed E-state index contributed by atoms with van der Waals surface area (Å²) in [5.74, 6) is -0.963. The van der Waals surface area contributed by atoms with Crippen molar-refractivity contribution in [3.63, 3.8) is 0 Å². The van der Waals surface area contributed by atoms with Crippen LogP contribution >= 0.6 is 11.6 Å². The molecule has 3 N–H and O–H groups in total. The first-order valence-electron chi connectivity index (χ1n) is 5.66. The number of nitrogen functional groups attached to an aromatic ring is 1. The summed E-state index contributed by atoms with van der Waals surface area (Å²) in [5, 5.41) is 0.247. The van der Waals surface area contributed by atoms with Crippen LogP contribution in [0.15, 0.2) is 42.5 Å². The van der Waals surface area contributed by atoms with Crippen LogP contribution in [0.1, 0.15) is 5.56 Å². The Kier molecular flexibility index (Phi) is 4.15. The van der Waals surface area contributed by atoms with Crippen molar-refractivity contribution in [3.8, 4) is 0 Å². The first-order valence-corrected chi connectivity index (χ1v) is 7.69. The fourth-order valence-corrected chi connectivity index (χ4v) is 2.98. The highest BCUT2D eigenvalue weighted by Gasteiger charge is 2.14. The molecule has 0 amide bonds. The molecule has 0 atom stereocenters. The van der Waals surface area contributed by atoms with Gasteiger partial charge in [0.15, 0.2) is 0 Å². The molecule has 0 aromatic heterocycles. The molecule has 2 aromatic rings. The minimum Gasteiger partial charge on any atom is -0.399 e. The Balaban J connectivity index is 2.19. The Hall–Kier alpha value is -1.79. The fraction of sp³-hybridized carbons (Fsp3) is 0.0769. The van der Waals surface area contributed by atoms with Gasteiger partial charge < -0.3 is 5.73 Å². The van der Waals surface area contributed by atoms with Crippen molar-refractivity contribution < 1.29 is 12.8 Å². The van der Waals surface area contributed by atoms with Gasteiger partial charge in [0.2, 0.25) is 10.0 Å². The average molecular weight is 315 g/mol. The van der Waals surface area contributed by atoms with E-state index in [1.165, 1.54) is 12.1 Å². The second kappa shape index (κ2) is 5.68. The van der Waals surface area contributed by atoms with E-state index >= 15 is 0 Å². The minimum absolute atomic E-state index is 0.173. The summed E-state index contributed by atoms with van der Waals surface area (Å²) in [6, 6.07) is 10.1. The van der Waals surface area contributed by atoms with Crippen molar-refractivity contribution in [1.29, 1.82) is 0 Å². The van der Waals surface area contributed by atoms with E-state index in [1.807, 2.05) is 0 Å². The van der Waals surface area contributed by atoms with Crippen molar-refractivity contribution in [1.82, 2.24) is 0 Å². The maximum Gasteiger partial charge on any atom is 0.237 e. The number of nitrogens with one attached hydrogen (secondary N) is 1. The van der Waals surface area contributed by atoms with Crippen molar-refractivity contribution in [3.05, 3.63) is 58.9 Å². The molecule has 4 nitrogen and oxygen atoms in total. The molecular formula is C13H12ClFN2O2S. The van der Waals surface area contributed by atoms with E-state index in [0.29, 0.717) is 11.3 Å². The minimum atomic E-state index is -3.73. The number of hydrogen-bond donors (Lipinski definition) is 2. The number of benzene rings is 2. The van der Waals surface area contributed by atoms with Gasteiger partial charge in [-0.2, -0.15) is 0 Å². The monoisotopic (exact) mass is 314 g/mol. The second-order valence-corrected chi connectivity index (χ2v) is 6.39. The van der Waals surface area contributed by atoms with E-state index in [1.54, 1.807) is 24.3 Å². The van der Waals surface area contributed by atoms with Crippen LogP contribution in [0.2, 0.25) is 5.02 Å². The van der Waals surface area contributed by atoms with Crippen molar-refractivity contribution in [2.24, 2.45) is 0 Å². The molecule has 7 heteroatoms. The van der Waals surface area contributed by atoms with Gasteiger partial charge in [0.1, 0.15) is 5.82 Å². The Bertz CT molecular complexity index is 718. The van der Waals surface area contributed by atoms with Crippen LogP contribution in [-0.2, 0) is 15.8 Å².